The number of rotatable bonds is 5. The molecule has 1 heterocycles. The normalized spacial score (nSPS) is 13.6. The molecule has 0 aliphatic carbocycles. The second kappa shape index (κ2) is 6.50. The van der Waals surface area contributed by atoms with Gasteiger partial charge in [0, 0.05) is 29.0 Å². The summed E-state index contributed by atoms with van der Waals surface area (Å²) in [7, 11) is 0. The van der Waals surface area contributed by atoms with Gasteiger partial charge in [-0.2, -0.15) is 0 Å². The molecular weight excluding hydrogens is 294 g/mol. The Morgan fingerprint density at radius 1 is 1.28 bits per heavy atom. The van der Waals surface area contributed by atoms with Crippen LogP contribution in [0.2, 0.25) is 0 Å². The minimum absolute atomic E-state index is 0.705. The van der Waals surface area contributed by atoms with Crippen molar-refractivity contribution in [2.75, 3.05) is 13.2 Å². The van der Waals surface area contributed by atoms with E-state index in [2.05, 4.69) is 20.8 Å². The van der Waals surface area contributed by atoms with Crippen molar-refractivity contribution in [3.05, 3.63) is 53.2 Å². The Bertz CT molecular complexity index is 445. The van der Waals surface area contributed by atoms with Crippen molar-refractivity contribution in [2.24, 2.45) is 0 Å². The lowest BCUT2D eigenvalue weighted by Crippen LogP contribution is -2.15. The topological polar surface area (TPSA) is 21.7 Å². The molecule has 0 spiro atoms. The van der Waals surface area contributed by atoms with Crippen LogP contribution in [0.5, 0.6) is 5.75 Å². The van der Waals surface area contributed by atoms with Crippen LogP contribution in [0.15, 0.2) is 47.6 Å². The molecule has 0 fully saturated rings. The summed E-state index contributed by atoms with van der Waals surface area (Å²) in [5.74, 6) is 0.942. The first kappa shape index (κ1) is 13.0. The van der Waals surface area contributed by atoms with Crippen molar-refractivity contribution in [3.63, 3.8) is 0 Å². The molecule has 0 N–H and O–H groups in total. The summed E-state index contributed by atoms with van der Waals surface area (Å²) in [4.78, 5) is 2.07. The maximum absolute atomic E-state index is 5.77. The number of halogens is 1. The van der Waals surface area contributed by atoms with Gasteiger partial charge in [-0.15, -0.1) is 0 Å². The van der Waals surface area contributed by atoms with Crippen LogP contribution in [0.25, 0.3) is 0 Å². The Balaban J connectivity index is 1.75. The zero-order chi connectivity index (χ0) is 12.8. The van der Waals surface area contributed by atoms with E-state index in [-0.39, 0.29) is 0 Å². The Labute approximate surface area is 116 Å². The van der Waals surface area contributed by atoms with Gasteiger partial charge in [0.1, 0.15) is 18.3 Å². The van der Waals surface area contributed by atoms with Crippen LogP contribution in [-0.2, 0) is 4.74 Å². The fourth-order valence-corrected chi connectivity index (χ4v) is 1.99. The molecule has 1 aromatic carbocycles. The third-order valence-electron chi connectivity index (χ3n) is 2.70. The number of nitrogens with zero attached hydrogens (tertiary/aromatic N) is 1. The summed E-state index contributed by atoms with van der Waals surface area (Å²) in [5.41, 5.74) is 1.14. The first-order valence-corrected chi connectivity index (χ1v) is 6.69. The van der Waals surface area contributed by atoms with Crippen LogP contribution >= 0.6 is 15.9 Å². The van der Waals surface area contributed by atoms with Crippen molar-refractivity contribution in [3.8, 4) is 5.75 Å². The summed E-state index contributed by atoms with van der Waals surface area (Å²) < 4.78 is 11.8. The Morgan fingerprint density at radius 2 is 2.06 bits per heavy atom. The van der Waals surface area contributed by atoms with Gasteiger partial charge in [0.05, 0.1) is 6.61 Å². The molecule has 0 amide bonds. The highest BCUT2D eigenvalue weighted by atomic mass is 79.9. The molecule has 1 aliphatic rings. The van der Waals surface area contributed by atoms with E-state index in [9.17, 15) is 0 Å². The molecule has 0 aromatic heterocycles. The van der Waals surface area contributed by atoms with E-state index >= 15 is 0 Å². The van der Waals surface area contributed by atoms with E-state index in [4.69, 9.17) is 9.47 Å². The second-order valence-electron chi connectivity index (χ2n) is 4.01. The minimum atomic E-state index is 0.705. The van der Waals surface area contributed by atoms with E-state index in [0.29, 0.717) is 6.61 Å². The molecule has 0 saturated carbocycles. The number of ether oxygens (including phenoxy) is 2. The maximum Gasteiger partial charge on any atom is 0.123 e. The van der Waals surface area contributed by atoms with Gasteiger partial charge < -0.3 is 14.4 Å². The van der Waals surface area contributed by atoms with Gasteiger partial charge in [-0.25, -0.2) is 0 Å². The van der Waals surface area contributed by atoms with Gasteiger partial charge in [0.15, 0.2) is 0 Å². The van der Waals surface area contributed by atoms with E-state index < -0.39 is 0 Å². The molecule has 4 heteroatoms. The average molecular weight is 310 g/mol. The van der Waals surface area contributed by atoms with Crippen molar-refractivity contribution in [2.45, 2.75) is 13.3 Å². The molecule has 2 rings (SSSR count). The van der Waals surface area contributed by atoms with Crippen LogP contribution in [-0.4, -0.2) is 18.1 Å². The molecular formula is C14H16BrNO2. The number of hydrogen-bond acceptors (Lipinski definition) is 3. The van der Waals surface area contributed by atoms with Gasteiger partial charge in [-0.1, -0.05) is 22.0 Å². The van der Waals surface area contributed by atoms with Crippen LogP contribution in [0.4, 0.5) is 0 Å². The van der Waals surface area contributed by atoms with Gasteiger partial charge in [0.2, 0.25) is 0 Å². The van der Waals surface area contributed by atoms with Crippen LogP contribution in [0.1, 0.15) is 12.0 Å². The molecule has 0 bridgehead atoms. The van der Waals surface area contributed by atoms with Crippen LogP contribution < -0.4 is 4.74 Å². The average Bonchev–Trinajstić information content (AvgIpc) is 2.40. The monoisotopic (exact) mass is 309 g/mol. The lowest BCUT2D eigenvalue weighted by molar-refractivity contribution is 0.283. The minimum Gasteiger partial charge on any atom is -0.493 e. The van der Waals surface area contributed by atoms with Crippen molar-refractivity contribution in [1.29, 1.82) is 0 Å². The maximum atomic E-state index is 5.77. The largest absolute Gasteiger partial charge is 0.493 e. The first-order chi connectivity index (χ1) is 8.77. The quantitative estimate of drug-likeness (QED) is 0.772. The molecule has 0 unspecified atom stereocenters. The molecule has 3 nitrogen and oxygen atoms in total. The molecule has 0 radical (unpaired) electrons. The first-order valence-electron chi connectivity index (χ1n) is 5.90. The van der Waals surface area contributed by atoms with Crippen LogP contribution in [0.3, 0.4) is 0 Å². The molecule has 96 valence electrons. The number of benzene rings is 1. The van der Waals surface area contributed by atoms with Gasteiger partial charge in [-0.3, -0.25) is 0 Å². The predicted octanol–water partition coefficient (Wildman–Crippen LogP) is 3.80. The third-order valence-corrected chi connectivity index (χ3v) is 3.56. The number of hydrogen-bond donors (Lipinski definition) is 0. The zero-order valence-corrected chi connectivity index (χ0v) is 11.9. The van der Waals surface area contributed by atoms with E-state index in [1.165, 1.54) is 0 Å². The summed E-state index contributed by atoms with van der Waals surface area (Å²) in [6, 6.07) is 6.00. The molecule has 0 atom stereocenters. The summed E-state index contributed by atoms with van der Waals surface area (Å²) in [6.45, 7) is 3.67. The fourth-order valence-electron chi connectivity index (χ4n) is 1.64. The van der Waals surface area contributed by atoms with Crippen LogP contribution in [0, 0.1) is 6.92 Å². The second-order valence-corrected chi connectivity index (χ2v) is 4.86. The SMILES string of the molecule is Cc1c(Br)cccc1OCCCN1C=COC=C1. The fraction of sp³-hybridized carbons (Fsp3) is 0.286. The highest BCUT2D eigenvalue weighted by Crippen LogP contribution is 2.25. The summed E-state index contributed by atoms with van der Waals surface area (Å²) in [6.07, 6.45) is 8.11. The van der Waals surface area contributed by atoms with Gasteiger partial charge >= 0.3 is 0 Å². The van der Waals surface area contributed by atoms with Gasteiger partial charge in [0.25, 0.3) is 0 Å². The Morgan fingerprint density at radius 3 is 2.83 bits per heavy atom. The summed E-state index contributed by atoms with van der Waals surface area (Å²) in [5, 5.41) is 0. The van der Waals surface area contributed by atoms with Crippen molar-refractivity contribution in [1.82, 2.24) is 4.90 Å². The molecule has 1 aliphatic heterocycles. The highest BCUT2D eigenvalue weighted by Gasteiger charge is 2.03. The van der Waals surface area contributed by atoms with E-state index in [1.54, 1.807) is 12.5 Å². The third kappa shape index (κ3) is 3.53. The lowest BCUT2D eigenvalue weighted by atomic mass is 10.2. The summed E-state index contributed by atoms with van der Waals surface area (Å²) >= 11 is 3.50. The van der Waals surface area contributed by atoms with E-state index in [0.717, 1.165) is 28.8 Å². The molecule has 0 saturated heterocycles. The smallest absolute Gasteiger partial charge is 0.123 e. The highest BCUT2D eigenvalue weighted by molar-refractivity contribution is 9.10. The standard InChI is InChI=1S/C14H16BrNO2/c1-12-13(15)4-2-5-14(12)18-9-3-6-16-7-10-17-11-8-16/h2,4-5,7-8,10-11H,3,6,9H2,1H3. The Hall–Kier alpha value is -1.42. The zero-order valence-electron chi connectivity index (χ0n) is 10.3. The van der Waals surface area contributed by atoms with E-state index in [1.807, 2.05) is 37.5 Å². The Kier molecular flexibility index (Phi) is 4.70. The predicted molar refractivity (Wildman–Crippen MR) is 75.1 cm³/mol. The molecule has 1 aromatic rings. The van der Waals surface area contributed by atoms with Gasteiger partial charge in [-0.05, 0) is 25.5 Å². The molecule has 18 heavy (non-hydrogen) atoms. The lowest BCUT2D eigenvalue weighted by Gasteiger charge is -2.17. The van der Waals surface area contributed by atoms with Crippen molar-refractivity contribution < 1.29 is 9.47 Å². The van der Waals surface area contributed by atoms with Crippen molar-refractivity contribution >= 4 is 15.9 Å².